The third-order valence-electron chi connectivity index (χ3n) is 3.27. The summed E-state index contributed by atoms with van der Waals surface area (Å²) in [6.45, 7) is 0. The maximum Gasteiger partial charge on any atom is 0.239 e. The molecule has 0 radical (unpaired) electrons. The van der Waals surface area contributed by atoms with Crippen LogP contribution in [0.3, 0.4) is 0 Å². The van der Waals surface area contributed by atoms with E-state index in [9.17, 15) is 9.18 Å². The molecule has 0 spiro atoms. The van der Waals surface area contributed by atoms with Crippen molar-refractivity contribution < 1.29 is 9.18 Å². The highest BCUT2D eigenvalue weighted by Gasteiger charge is 2.07. The molecule has 0 bridgehead atoms. The van der Waals surface area contributed by atoms with Gasteiger partial charge in [-0.05, 0) is 36.5 Å². The van der Waals surface area contributed by atoms with Gasteiger partial charge < -0.3 is 5.32 Å². The first-order valence-corrected chi connectivity index (χ1v) is 9.91. The van der Waals surface area contributed by atoms with Gasteiger partial charge in [0.1, 0.15) is 5.82 Å². The van der Waals surface area contributed by atoms with E-state index in [1.54, 1.807) is 29.5 Å². The highest BCUT2D eigenvalue weighted by molar-refractivity contribution is 8.01. The van der Waals surface area contributed by atoms with Crippen LogP contribution in [0.25, 0.3) is 10.2 Å². The Morgan fingerprint density at radius 2 is 1.92 bits per heavy atom. The summed E-state index contributed by atoms with van der Waals surface area (Å²) in [5.41, 5.74) is 6.26. The SMILES string of the molecule is O=C(CCSc1nc2ccccc2s1)NNC(=S)Nc1ccccc1F. The van der Waals surface area contributed by atoms with Crippen molar-refractivity contribution in [1.29, 1.82) is 0 Å². The van der Waals surface area contributed by atoms with Crippen LogP contribution < -0.4 is 16.2 Å². The van der Waals surface area contributed by atoms with Crippen molar-refractivity contribution >= 4 is 62.2 Å². The Morgan fingerprint density at radius 1 is 1.15 bits per heavy atom. The number of benzene rings is 2. The number of carbonyl (C=O) groups excluding carboxylic acids is 1. The number of rotatable bonds is 5. The van der Waals surface area contributed by atoms with E-state index < -0.39 is 5.82 Å². The van der Waals surface area contributed by atoms with Crippen molar-refractivity contribution in [2.45, 2.75) is 10.8 Å². The monoisotopic (exact) mass is 406 g/mol. The maximum atomic E-state index is 13.5. The molecule has 1 heterocycles. The number of nitrogens with zero attached hydrogens (tertiary/aromatic N) is 1. The Labute approximate surface area is 163 Å². The molecule has 0 saturated carbocycles. The average Bonchev–Trinajstić information content (AvgIpc) is 3.05. The lowest BCUT2D eigenvalue weighted by molar-refractivity contribution is -0.121. The van der Waals surface area contributed by atoms with E-state index in [4.69, 9.17) is 12.2 Å². The molecule has 3 rings (SSSR count). The van der Waals surface area contributed by atoms with Crippen LogP contribution >= 0.6 is 35.3 Å². The molecule has 0 aliphatic heterocycles. The first-order valence-electron chi connectivity index (χ1n) is 7.70. The number of hydrazine groups is 1. The van der Waals surface area contributed by atoms with Crippen molar-refractivity contribution in [3.63, 3.8) is 0 Å². The molecule has 0 saturated heterocycles. The van der Waals surface area contributed by atoms with Crippen LogP contribution in [0.2, 0.25) is 0 Å². The van der Waals surface area contributed by atoms with Crippen LogP contribution in [0.15, 0.2) is 52.9 Å². The number of carbonyl (C=O) groups is 1. The predicted molar refractivity (Wildman–Crippen MR) is 109 cm³/mol. The standard InChI is InChI=1S/C17H15FN4OS3/c18-11-5-1-2-6-12(11)19-16(24)22-21-15(23)9-10-25-17-20-13-7-3-4-8-14(13)26-17/h1-8H,9-10H2,(H,21,23)(H2,19,22,24). The van der Waals surface area contributed by atoms with E-state index in [1.165, 1.54) is 17.8 Å². The molecule has 0 aliphatic rings. The van der Waals surface area contributed by atoms with Crippen molar-refractivity contribution in [2.24, 2.45) is 0 Å². The second-order valence-electron chi connectivity index (χ2n) is 5.15. The van der Waals surface area contributed by atoms with Crippen molar-refractivity contribution in [3.05, 3.63) is 54.3 Å². The van der Waals surface area contributed by atoms with Crippen LogP contribution in [-0.4, -0.2) is 21.8 Å². The van der Waals surface area contributed by atoms with E-state index in [0.29, 0.717) is 12.2 Å². The van der Waals surface area contributed by atoms with Gasteiger partial charge in [0.05, 0.1) is 15.9 Å². The van der Waals surface area contributed by atoms with E-state index in [-0.39, 0.29) is 16.7 Å². The average molecular weight is 407 g/mol. The predicted octanol–water partition coefficient (Wildman–Crippen LogP) is 3.94. The number of thiazole rings is 1. The van der Waals surface area contributed by atoms with Crippen LogP contribution in [-0.2, 0) is 4.79 Å². The molecule has 0 atom stereocenters. The van der Waals surface area contributed by atoms with Gasteiger partial charge in [-0.25, -0.2) is 9.37 Å². The second-order valence-corrected chi connectivity index (χ2v) is 7.93. The fourth-order valence-corrected chi connectivity index (χ4v) is 4.29. The molecule has 134 valence electrons. The number of amides is 1. The number of halogens is 1. The van der Waals surface area contributed by atoms with Crippen molar-refractivity contribution in [3.8, 4) is 0 Å². The zero-order chi connectivity index (χ0) is 18.4. The minimum atomic E-state index is -0.421. The summed E-state index contributed by atoms with van der Waals surface area (Å²) in [4.78, 5) is 16.4. The number of hydrogen-bond acceptors (Lipinski definition) is 5. The summed E-state index contributed by atoms with van der Waals surface area (Å²) in [6, 6.07) is 14.1. The molecule has 26 heavy (non-hydrogen) atoms. The smallest absolute Gasteiger partial charge is 0.239 e. The molecule has 1 aromatic heterocycles. The van der Waals surface area contributed by atoms with E-state index in [2.05, 4.69) is 21.2 Å². The molecule has 0 unspecified atom stereocenters. The molecule has 9 heteroatoms. The quantitative estimate of drug-likeness (QED) is 0.339. The first-order chi connectivity index (χ1) is 12.6. The van der Waals surface area contributed by atoms with Crippen molar-refractivity contribution in [1.82, 2.24) is 15.8 Å². The van der Waals surface area contributed by atoms with Gasteiger partial charge in [0.15, 0.2) is 9.45 Å². The summed E-state index contributed by atoms with van der Waals surface area (Å²) >= 11 is 8.16. The number of nitrogens with one attached hydrogen (secondary N) is 3. The molecule has 2 aromatic carbocycles. The minimum absolute atomic E-state index is 0.113. The molecule has 1 amide bonds. The Hall–Kier alpha value is -2.23. The highest BCUT2D eigenvalue weighted by atomic mass is 32.2. The number of fused-ring (bicyclic) bond motifs is 1. The van der Waals surface area contributed by atoms with Gasteiger partial charge in [0.25, 0.3) is 0 Å². The van der Waals surface area contributed by atoms with Crippen LogP contribution in [0.1, 0.15) is 6.42 Å². The Bertz CT molecular complexity index is 898. The van der Waals surface area contributed by atoms with Gasteiger partial charge >= 0.3 is 0 Å². The third kappa shape index (κ3) is 5.13. The summed E-state index contributed by atoms with van der Waals surface area (Å²) < 4.78 is 15.6. The molecule has 3 N–H and O–H groups in total. The zero-order valence-corrected chi connectivity index (χ0v) is 15.9. The number of hydrogen-bond donors (Lipinski definition) is 3. The molecular formula is C17H15FN4OS3. The van der Waals surface area contributed by atoms with E-state index in [0.717, 1.165) is 14.6 Å². The fraction of sp³-hybridized carbons (Fsp3) is 0.118. The number of para-hydroxylation sites is 2. The van der Waals surface area contributed by atoms with Crippen molar-refractivity contribution in [2.75, 3.05) is 11.1 Å². The number of thiocarbonyl (C=S) groups is 1. The van der Waals surface area contributed by atoms with Gasteiger partial charge in [-0.15, -0.1) is 11.3 Å². The maximum absolute atomic E-state index is 13.5. The summed E-state index contributed by atoms with van der Waals surface area (Å²) in [7, 11) is 0. The lowest BCUT2D eigenvalue weighted by Crippen LogP contribution is -2.43. The Morgan fingerprint density at radius 3 is 2.73 bits per heavy atom. The largest absolute Gasteiger partial charge is 0.329 e. The van der Waals surface area contributed by atoms with Gasteiger partial charge in [-0.3, -0.25) is 15.6 Å². The normalized spacial score (nSPS) is 10.5. The minimum Gasteiger partial charge on any atom is -0.329 e. The lowest BCUT2D eigenvalue weighted by atomic mass is 10.3. The van der Waals surface area contributed by atoms with Crippen LogP contribution in [0, 0.1) is 5.82 Å². The molecule has 3 aromatic rings. The van der Waals surface area contributed by atoms with E-state index >= 15 is 0 Å². The van der Waals surface area contributed by atoms with Gasteiger partial charge in [0.2, 0.25) is 5.91 Å². The van der Waals surface area contributed by atoms with Crippen LogP contribution in [0.4, 0.5) is 10.1 Å². The van der Waals surface area contributed by atoms with Gasteiger partial charge in [0, 0.05) is 12.2 Å². The zero-order valence-electron chi connectivity index (χ0n) is 13.5. The Balaban J connectivity index is 1.38. The highest BCUT2D eigenvalue weighted by Crippen LogP contribution is 2.29. The molecule has 0 fully saturated rings. The summed E-state index contributed by atoms with van der Waals surface area (Å²) in [5.74, 6) is -0.0348. The first kappa shape index (κ1) is 18.6. The number of thioether (sulfide) groups is 1. The Kier molecular flexibility index (Phi) is 6.37. The van der Waals surface area contributed by atoms with Gasteiger partial charge in [-0.1, -0.05) is 36.0 Å². The van der Waals surface area contributed by atoms with Gasteiger partial charge in [-0.2, -0.15) is 0 Å². The number of anilines is 1. The molecular weight excluding hydrogens is 391 g/mol. The summed E-state index contributed by atoms with van der Waals surface area (Å²) in [5, 5.41) is 2.79. The molecule has 5 nitrogen and oxygen atoms in total. The lowest BCUT2D eigenvalue weighted by Gasteiger charge is -2.11. The molecule has 0 aliphatic carbocycles. The second kappa shape index (κ2) is 8.93. The van der Waals surface area contributed by atoms with Crippen LogP contribution in [0.5, 0.6) is 0 Å². The topological polar surface area (TPSA) is 66.0 Å². The number of aromatic nitrogens is 1. The van der Waals surface area contributed by atoms with E-state index in [1.807, 2.05) is 24.3 Å². The third-order valence-corrected chi connectivity index (χ3v) is 5.65. The fourth-order valence-electron chi connectivity index (χ4n) is 2.05. The summed E-state index contributed by atoms with van der Waals surface area (Å²) in [6.07, 6.45) is 0.301.